The van der Waals surface area contributed by atoms with Crippen molar-refractivity contribution in [3.63, 3.8) is 0 Å². The highest BCUT2D eigenvalue weighted by atomic mass is 16.2. The first-order chi connectivity index (χ1) is 12.0. The van der Waals surface area contributed by atoms with E-state index in [4.69, 9.17) is 0 Å². The van der Waals surface area contributed by atoms with Gasteiger partial charge in [-0.1, -0.05) is 19.1 Å². The second-order valence-corrected chi connectivity index (χ2v) is 7.60. The zero-order chi connectivity index (χ0) is 18.0. The Labute approximate surface area is 150 Å². The number of para-hydroxylation sites is 2. The summed E-state index contributed by atoms with van der Waals surface area (Å²) in [6.45, 7) is 6.61. The Morgan fingerprint density at radius 1 is 1.32 bits per heavy atom. The van der Waals surface area contributed by atoms with Crippen molar-refractivity contribution < 1.29 is 4.79 Å². The first kappa shape index (κ1) is 17.9. The van der Waals surface area contributed by atoms with Gasteiger partial charge in [0.25, 0.3) is 0 Å². The van der Waals surface area contributed by atoms with Gasteiger partial charge in [-0.05, 0) is 52.4 Å². The molecule has 1 amide bonds. The summed E-state index contributed by atoms with van der Waals surface area (Å²) < 4.78 is 2.18. The average molecular weight is 342 g/mol. The van der Waals surface area contributed by atoms with Crippen LogP contribution in [0, 0.1) is 12.8 Å². The summed E-state index contributed by atoms with van der Waals surface area (Å²) in [6.07, 6.45) is 3.46. The van der Waals surface area contributed by atoms with E-state index < -0.39 is 0 Å². The maximum atomic E-state index is 13.1. The monoisotopic (exact) mass is 342 g/mol. The van der Waals surface area contributed by atoms with E-state index in [1.807, 2.05) is 25.1 Å². The van der Waals surface area contributed by atoms with Crippen LogP contribution in [0.4, 0.5) is 0 Å². The quantitative estimate of drug-likeness (QED) is 0.839. The van der Waals surface area contributed by atoms with E-state index >= 15 is 0 Å². The standard InChI is InChI=1S/C20H30N4O/c1-15(13-24-16(2)21-18-10-5-6-11-19(18)24)20(25)23-12-8-7-9-17(23)14-22(3)4/h5-6,10-11,15,17H,7-9,12-14H2,1-4H3. The van der Waals surface area contributed by atoms with Crippen LogP contribution in [-0.4, -0.2) is 58.5 Å². The van der Waals surface area contributed by atoms with Gasteiger partial charge >= 0.3 is 0 Å². The average Bonchev–Trinajstić information content (AvgIpc) is 2.90. The molecule has 0 saturated carbocycles. The fourth-order valence-electron chi connectivity index (χ4n) is 3.96. The molecule has 1 aliphatic rings. The summed E-state index contributed by atoms with van der Waals surface area (Å²) in [4.78, 5) is 22.1. The molecule has 0 bridgehead atoms. The Morgan fingerprint density at radius 3 is 2.84 bits per heavy atom. The summed E-state index contributed by atoms with van der Waals surface area (Å²) in [5.41, 5.74) is 2.12. The molecule has 5 heteroatoms. The molecule has 2 unspecified atom stereocenters. The van der Waals surface area contributed by atoms with Crippen LogP contribution in [0.5, 0.6) is 0 Å². The molecule has 2 heterocycles. The van der Waals surface area contributed by atoms with E-state index in [0.29, 0.717) is 12.6 Å². The predicted octanol–water partition coefficient (Wildman–Crippen LogP) is 2.92. The Bertz CT molecular complexity index is 736. The number of amides is 1. The van der Waals surface area contributed by atoms with E-state index in [9.17, 15) is 4.79 Å². The molecule has 5 nitrogen and oxygen atoms in total. The van der Waals surface area contributed by atoms with Crippen LogP contribution in [0.15, 0.2) is 24.3 Å². The fraction of sp³-hybridized carbons (Fsp3) is 0.600. The minimum atomic E-state index is -0.0425. The molecule has 2 atom stereocenters. The number of fused-ring (bicyclic) bond motifs is 1. The summed E-state index contributed by atoms with van der Waals surface area (Å²) >= 11 is 0. The Hall–Kier alpha value is -1.88. The Balaban J connectivity index is 1.76. The van der Waals surface area contributed by atoms with Crippen LogP contribution < -0.4 is 0 Å². The van der Waals surface area contributed by atoms with Gasteiger partial charge in [-0.3, -0.25) is 4.79 Å². The highest BCUT2D eigenvalue weighted by Gasteiger charge is 2.30. The molecule has 3 rings (SSSR count). The normalized spacial score (nSPS) is 19.6. The van der Waals surface area contributed by atoms with Gasteiger partial charge in [0.05, 0.1) is 17.0 Å². The number of likely N-dealkylation sites (N-methyl/N-ethyl adjacent to an activating group) is 1. The van der Waals surface area contributed by atoms with Crippen molar-refractivity contribution >= 4 is 16.9 Å². The molecule has 2 aromatic rings. The van der Waals surface area contributed by atoms with Crippen molar-refractivity contribution in [1.29, 1.82) is 0 Å². The van der Waals surface area contributed by atoms with E-state index in [0.717, 1.165) is 42.8 Å². The maximum Gasteiger partial charge on any atom is 0.227 e. The van der Waals surface area contributed by atoms with E-state index in [1.54, 1.807) is 0 Å². The molecule has 25 heavy (non-hydrogen) atoms. The third-order valence-electron chi connectivity index (χ3n) is 5.21. The minimum Gasteiger partial charge on any atom is -0.338 e. The first-order valence-electron chi connectivity index (χ1n) is 9.34. The molecule has 0 aliphatic carbocycles. The van der Waals surface area contributed by atoms with Crippen molar-refractivity contribution in [2.24, 2.45) is 5.92 Å². The second-order valence-electron chi connectivity index (χ2n) is 7.60. The number of carbonyl (C=O) groups excluding carboxylic acids is 1. The molecular weight excluding hydrogens is 312 g/mol. The number of hydrogen-bond donors (Lipinski definition) is 0. The predicted molar refractivity (Wildman–Crippen MR) is 102 cm³/mol. The summed E-state index contributed by atoms with van der Waals surface area (Å²) in [5, 5.41) is 0. The van der Waals surface area contributed by atoms with Crippen molar-refractivity contribution in [3.05, 3.63) is 30.1 Å². The fourth-order valence-corrected chi connectivity index (χ4v) is 3.96. The highest BCUT2D eigenvalue weighted by molar-refractivity contribution is 5.80. The van der Waals surface area contributed by atoms with Gasteiger partial charge < -0.3 is 14.4 Å². The number of aryl methyl sites for hydroxylation is 1. The smallest absolute Gasteiger partial charge is 0.227 e. The topological polar surface area (TPSA) is 41.4 Å². The zero-order valence-corrected chi connectivity index (χ0v) is 15.9. The van der Waals surface area contributed by atoms with E-state index in [-0.39, 0.29) is 11.8 Å². The third kappa shape index (κ3) is 3.87. The van der Waals surface area contributed by atoms with Crippen molar-refractivity contribution in [2.75, 3.05) is 27.2 Å². The molecule has 1 saturated heterocycles. The number of hydrogen-bond acceptors (Lipinski definition) is 3. The van der Waals surface area contributed by atoms with Crippen LogP contribution in [0.2, 0.25) is 0 Å². The SMILES string of the molecule is Cc1nc2ccccc2n1CC(C)C(=O)N1CCCCC1CN(C)C. The van der Waals surface area contributed by atoms with Crippen LogP contribution in [0.3, 0.4) is 0 Å². The molecule has 1 fully saturated rings. The number of carbonyl (C=O) groups is 1. The van der Waals surface area contributed by atoms with Crippen LogP contribution >= 0.6 is 0 Å². The molecule has 0 N–H and O–H groups in total. The lowest BCUT2D eigenvalue weighted by molar-refractivity contribution is -0.139. The van der Waals surface area contributed by atoms with Gasteiger partial charge in [-0.2, -0.15) is 0 Å². The van der Waals surface area contributed by atoms with Crippen molar-refractivity contribution in [2.45, 2.75) is 45.7 Å². The number of piperidine rings is 1. The molecule has 1 aliphatic heterocycles. The van der Waals surface area contributed by atoms with Crippen molar-refractivity contribution in [1.82, 2.24) is 19.4 Å². The van der Waals surface area contributed by atoms with Gasteiger partial charge in [-0.25, -0.2) is 4.98 Å². The summed E-state index contributed by atoms with van der Waals surface area (Å²) in [7, 11) is 4.17. The van der Waals surface area contributed by atoms with Gasteiger partial charge in [0.2, 0.25) is 5.91 Å². The molecule has 136 valence electrons. The number of nitrogens with zero attached hydrogens (tertiary/aromatic N) is 4. The summed E-state index contributed by atoms with van der Waals surface area (Å²) in [5.74, 6) is 1.21. The highest BCUT2D eigenvalue weighted by Crippen LogP contribution is 2.22. The number of rotatable bonds is 5. The molecule has 1 aromatic heterocycles. The molecule has 1 aromatic carbocycles. The number of benzene rings is 1. The number of likely N-dealkylation sites (tertiary alicyclic amines) is 1. The third-order valence-corrected chi connectivity index (χ3v) is 5.21. The maximum absolute atomic E-state index is 13.1. The van der Waals surface area contributed by atoms with Crippen LogP contribution in [0.25, 0.3) is 11.0 Å². The van der Waals surface area contributed by atoms with Crippen LogP contribution in [0.1, 0.15) is 32.0 Å². The molecule has 0 radical (unpaired) electrons. The second kappa shape index (κ2) is 7.56. The van der Waals surface area contributed by atoms with Gasteiger partial charge in [0, 0.05) is 25.7 Å². The van der Waals surface area contributed by atoms with E-state index in [1.165, 1.54) is 6.42 Å². The van der Waals surface area contributed by atoms with Crippen molar-refractivity contribution in [3.8, 4) is 0 Å². The van der Waals surface area contributed by atoms with E-state index in [2.05, 4.69) is 46.4 Å². The molecule has 0 spiro atoms. The molecular formula is C20H30N4O. The Kier molecular flexibility index (Phi) is 5.42. The minimum absolute atomic E-state index is 0.0425. The van der Waals surface area contributed by atoms with Crippen LogP contribution in [-0.2, 0) is 11.3 Å². The van der Waals surface area contributed by atoms with Gasteiger partial charge in [0.15, 0.2) is 0 Å². The first-order valence-corrected chi connectivity index (χ1v) is 9.34. The number of aromatic nitrogens is 2. The largest absolute Gasteiger partial charge is 0.338 e. The van der Waals surface area contributed by atoms with Gasteiger partial charge in [0.1, 0.15) is 5.82 Å². The lowest BCUT2D eigenvalue weighted by Gasteiger charge is -2.38. The lowest BCUT2D eigenvalue weighted by atomic mass is 9.99. The zero-order valence-electron chi connectivity index (χ0n) is 15.9. The number of imidazole rings is 1. The lowest BCUT2D eigenvalue weighted by Crippen LogP contribution is -2.50. The Morgan fingerprint density at radius 2 is 2.08 bits per heavy atom. The summed E-state index contributed by atoms with van der Waals surface area (Å²) in [6, 6.07) is 8.50. The van der Waals surface area contributed by atoms with Gasteiger partial charge in [-0.15, -0.1) is 0 Å².